The minimum atomic E-state index is -0.341. The van der Waals surface area contributed by atoms with E-state index in [0.29, 0.717) is 13.2 Å². The van der Waals surface area contributed by atoms with Crippen LogP contribution in [0.3, 0.4) is 0 Å². The Morgan fingerprint density at radius 2 is 2.31 bits per heavy atom. The first-order valence-corrected chi connectivity index (χ1v) is 5.27. The van der Waals surface area contributed by atoms with Crippen molar-refractivity contribution in [3.63, 3.8) is 0 Å². The van der Waals surface area contributed by atoms with E-state index >= 15 is 0 Å². The molecule has 1 aromatic rings. The summed E-state index contributed by atoms with van der Waals surface area (Å²) in [4.78, 5) is 11.6. The molecule has 0 aromatic carbocycles. The van der Waals surface area contributed by atoms with Crippen LogP contribution in [0, 0.1) is 5.92 Å². The molecule has 1 unspecified atom stereocenters. The molecule has 0 saturated carbocycles. The van der Waals surface area contributed by atoms with E-state index < -0.39 is 0 Å². The quantitative estimate of drug-likeness (QED) is 0.713. The van der Waals surface area contributed by atoms with Crippen LogP contribution >= 0.6 is 0 Å². The molecule has 90 valence electrons. The standard InChI is InChI=1S/C9H17N5O2/c1-4-16-5-7(6(2)3)10-9(15)8-11-13-14-12-8/h6-7H,4-5H2,1-3H3,(H,10,15)(H,11,12,13,14). The Bertz CT molecular complexity index is 312. The Balaban J connectivity index is 2.51. The van der Waals surface area contributed by atoms with E-state index in [1.54, 1.807) is 0 Å². The molecular formula is C9H17N5O2. The summed E-state index contributed by atoms with van der Waals surface area (Å²) in [6.07, 6.45) is 0. The van der Waals surface area contributed by atoms with Crippen LogP contribution in [0.15, 0.2) is 0 Å². The monoisotopic (exact) mass is 227 g/mol. The molecule has 0 radical (unpaired) electrons. The van der Waals surface area contributed by atoms with Gasteiger partial charge >= 0.3 is 0 Å². The largest absolute Gasteiger partial charge is 0.380 e. The zero-order chi connectivity index (χ0) is 12.0. The average Bonchev–Trinajstić information content (AvgIpc) is 2.76. The predicted octanol–water partition coefficient (Wildman–Crippen LogP) is -0.00940. The molecule has 7 nitrogen and oxygen atoms in total. The van der Waals surface area contributed by atoms with Crippen molar-refractivity contribution in [1.29, 1.82) is 0 Å². The lowest BCUT2D eigenvalue weighted by atomic mass is 10.1. The van der Waals surface area contributed by atoms with E-state index in [2.05, 4.69) is 25.9 Å². The molecule has 0 aliphatic rings. The molecule has 1 atom stereocenters. The van der Waals surface area contributed by atoms with Gasteiger partial charge in [-0.15, -0.1) is 10.2 Å². The number of hydrogen-bond acceptors (Lipinski definition) is 5. The highest BCUT2D eigenvalue weighted by Crippen LogP contribution is 2.03. The normalized spacial score (nSPS) is 12.8. The number of carbonyl (C=O) groups is 1. The van der Waals surface area contributed by atoms with Gasteiger partial charge in [0.05, 0.1) is 12.6 Å². The van der Waals surface area contributed by atoms with E-state index in [-0.39, 0.29) is 23.7 Å². The first-order valence-electron chi connectivity index (χ1n) is 5.27. The number of aromatic amines is 1. The van der Waals surface area contributed by atoms with E-state index in [4.69, 9.17) is 4.74 Å². The smallest absolute Gasteiger partial charge is 0.293 e. The second-order valence-corrected chi connectivity index (χ2v) is 3.72. The third-order valence-corrected chi connectivity index (χ3v) is 2.17. The number of tetrazole rings is 1. The lowest BCUT2D eigenvalue weighted by molar-refractivity contribution is 0.0797. The van der Waals surface area contributed by atoms with Gasteiger partial charge in [0, 0.05) is 6.61 Å². The fraction of sp³-hybridized carbons (Fsp3) is 0.778. The lowest BCUT2D eigenvalue weighted by Gasteiger charge is -2.21. The Labute approximate surface area is 93.9 Å². The predicted molar refractivity (Wildman–Crippen MR) is 56.8 cm³/mol. The molecule has 1 heterocycles. The van der Waals surface area contributed by atoms with Crippen molar-refractivity contribution in [2.75, 3.05) is 13.2 Å². The Kier molecular flexibility index (Phi) is 4.84. The van der Waals surface area contributed by atoms with Crippen LogP contribution in [0.25, 0.3) is 0 Å². The van der Waals surface area contributed by atoms with Crippen LogP contribution in [0.2, 0.25) is 0 Å². The molecule has 7 heteroatoms. The summed E-state index contributed by atoms with van der Waals surface area (Å²) < 4.78 is 5.30. The first-order chi connectivity index (χ1) is 7.65. The SMILES string of the molecule is CCOCC(NC(=O)c1nn[nH]n1)C(C)C. The number of rotatable bonds is 6. The molecule has 0 bridgehead atoms. The number of nitrogens with one attached hydrogen (secondary N) is 2. The number of hydrogen-bond donors (Lipinski definition) is 2. The zero-order valence-corrected chi connectivity index (χ0v) is 9.73. The van der Waals surface area contributed by atoms with Gasteiger partial charge in [0.15, 0.2) is 0 Å². The second kappa shape index (κ2) is 6.16. The van der Waals surface area contributed by atoms with Crippen LogP contribution in [-0.4, -0.2) is 45.8 Å². The van der Waals surface area contributed by atoms with Gasteiger partial charge in [-0.1, -0.05) is 13.8 Å². The van der Waals surface area contributed by atoms with E-state index in [1.165, 1.54) is 0 Å². The second-order valence-electron chi connectivity index (χ2n) is 3.72. The lowest BCUT2D eigenvalue weighted by Crippen LogP contribution is -2.42. The third kappa shape index (κ3) is 3.58. The van der Waals surface area contributed by atoms with Crippen LogP contribution in [-0.2, 0) is 4.74 Å². The zero-order valence-electron chi connectivity index (χ0n) is 9.73. The van der Waals surface area contributed by atoms with Crippen molar-refractivity contribution < 1.29 is 9.53 Å². The molecule has 1 amide bonds. The van der Waals surface area contributed by atoms with E-state index in [1.807, 2.05) is 20.8 Å². The van der Waals surface area contributed by atoms with E-state index in [0.717, 1.165) is 0 Å². The molecule has 1 aromatic heterocycles. The van der Waals surface area contributed by atoms with E-state index in [9.17, 15) is 4.79 Å². The summed E-state index contributed by atoms with van der Waals surface area (Å²) in [5.41, 5.74) is 0. The molecule has 2 N–H and O–H groups in total. The van der Waals surface area contributed by atoms with Crippen molar-refractivity contribution in [3.05, 3.63) is 5.82 Å². The van der Waals surface area contributed by atoms with Crippen molar-refractivity contribution in [1.82, 2.24) is 25.9 Å². The molecule has 0 aliphatic heterocycles. The molecule has 0 saturated heterocycles. The van der Waals surface area contributed by atoms with Crippen LogP contribution < -0.4 is 5.32 Å². The Morgan fingerprint density at radius 1 is 1.56 bits per heavy atom. The Morgan fingerprint density at radius 3 is 2.81 bits per heavy atom. The molecule has 0 aliphatic carbocycles. The summed E-state index contributed by atoms with van der Waals surface area (Å²) in [6, 6.07) is -0.0500. The van der Waals surface area contributed by atoms with Gasteiger partial charge < -0.3 is 10.1 Å². The van der Waals surface area contributed by atoms with Gasteiger partial charge in [-0.2, -0.15) is 5.21 Å². The minimum Gasteiger partial charge on any atom is -0.380 e. The van der Waals surface area contributed by atoms with Gasteiger partial charge in [0.1, 0.15) is 0 Å². The van der Waals surface area contributed by atoms with Gasteiger partial charge in [0.2, 0.25) is 0 Å². The molecule has 0 spiro atoms. The third-order valence-electron chi connectivity index (χ3n) is 2.17. The molecule has 0 fully saturated rings. The summed E-state index contributed by atoms with van der Waals surface area (Å²) in [5.74, 6) is -0.0169. The van der Waals surface area contributed by atoms with Crippen LogP contribution in [0.5, 0.6) is 0 Å². The first kappa shape index (κ1) is 12.6. The highest BCUT2D eigenvalue weighted by atomic mass is 16.5. The van der Waals surface area contributed by atoms with Gasteiger partial charge in [-0.25, -0.2) is 0 Å². The summed E-state index contributed by atoms with van der Waals surface area (Å²) >= 11 is 0. The average molecular weight is 227 g/mol. The maximum atomic E-state index is 11.6. The number of carbonyl (C=O) groups excluding carboxylic acids is 1. The molecule has 16 heavy (non-hydrogen) atoms. The maximum absolute atomic E-state index is 11.6. The van der Waals surface area contributed by atoms with Crippen LogP contribution in [0.1, 0.15) is 31.4 Å². The summed E-state index contributed by atoms with van der Waals surface area (Å²) in [6.45, 7) is 7.05. The topological polar surface area (TPSA) is 92.8 Å². The van der Waals surface area contributed by atoms with Gasteiger partial charge in [-0.05, 0) is 18.1 Å². The number of H-pyrrole nitrogens is 1. The fourth-order valence-electron chi connectivity index (χ4n) is 1.14. The highest BCUT2D eigenvalue weighted by Gasteiger charge is 2.19. The van der Waals surface area contributed by atoms with Gasteiger partial charge in [0.25, 0.3) is 11.7 Å². The van der Waals surface area contributed by atoms with Gasteiger partial charge in [-0.3, -0.25) is 4.79 Å². The number of amides is 1. The maximum Gasteiger partial charge on any atom is 0.293 e. The van der Waals surface area contributed by atoms with Crippen molar-refractivity contribution in [2.24, 2.45) is 5.92 Å². The highest BCUT2D eigenvalue weighted by molar-refractivity contribution is 5.90. The molecular weight excluding hydrogens is 210 g/mol. The minimum absolute atomic E-state index is 0.0437. The summed E-state index contributed by atoms with van der Waals surface area (Å²) in [7, 11) is 0. The van der Waals surface area contributed by atoms with Crippen molar-refractivity contribution in [2.45, 2.75) is 26.8 Å². The van der Waals surface area contributed by atoms with Crippen molar-refractivity contribution >= 4 is 5.91 Å². The Hall–Kier alpha value is -1.50. The van der Waals surface area contributed by atoms with Crippen molar-refractivity contribution in [3.8, 4) is 0 Å². The number of nitrogens with zero attached hydrogens (tertiary/aromatic N) is 3. The summed E-state index contributed by atoms with van der Waals surface area (Å²) in [5, 5.41) is 15.6. The fourth-order valence-corrected chi connectivity index (χ4v) is 1.14. The number of ether oxygens (including phenoxy) is 1. The number of aromatic nitrogens is 4. The molecule has 1 rings (SSSR count). The van der Waals surface area contributed by atoms with Crippen LogP contribution in [0.4, 0.5) is 0 Å².